The van der Waals surface area contributed by atoms with Crippen molar-refractivity contribution in [1.29, 1.82) is 0 Å². The number of nitrogens with two attached hydrogens (primary N) is 1. The lowest BCUT2D eigenvalue weighted by Crippen LogP contribution is -2.35. The highest BCUT2D eigenvalue weighted by molar-refractivity contribution is 7.16. The Morgan fingerprint density at radius 3 is 2.68 bits per heavy atom. The Bertz CT molecular complexity index is 1690. The lowest BCUT2D eigenvalue weighted by atomic mass is 10.1. The first kappa shape index (κ1) is 27.3. The zero-order chi connectivity index (χ0) is 28.5. The Balaban J connectivity index is 1.26. The van der Waals surface area contributed by atoms with Crippen molar-refractivity contribution in [2.24, 2.45) is 5.73 Å². The summed E-state index contributed by atoms with van der Waals surface area (Å²) >= 11 is 8.07. The van der Waals surface area contributed by atoms with Crippen LogP contribution in [-0.4, -0.2) is 51.6 Å². The molecule has 1 unspecified atom stereocenters. The smallest absolute Gasteiger partial charge is 0.262 e. The highest BCUT2D eigenvalue weighted by Crippen LogP contribution is 2.39. The number of benzene rings is 2. The number of rotatable bonds is 8. The van der Waals surface area contributed by atoms with Gasteiger partial charge in [-0.1, -0.05) is 35.9 Å². The molecule has 1 aliphatic rings. The highest BCUT2D eigenvalue weighted by Gasteiger charge is 2.24. The Labute approximate surface area is 247 Å². The van der Waals surface area contributed by atoms with E-state index in [9.17, 15) is 4.79 Å². The Hall–Kier alpha value is -3.92. The third-order valence-corrected chi connectivity index (χ3v) is 8.92. The van der Waals surface area contributed by atoms with Crippen molar-refractivity contribution in [2.75, 3.05) is 20.1 Å². The largest absolute Gasteiger partial charge is 0.489 e. The van der Waals surface area contributed by atoms with Crippen LogP contribution in [0.3, 0.4) is 0 Å². The van der Waals surface area contributed by atoms with E-state index in [0.29, 0.717) is 21.4 Å². The van der Waals surface area contributed by atoms with Crippen LogP contribution in [0.15, 0.2) is 73.3 Å². The third-order valence-electron chi connectivity index (χ3n) is 7.38. The minimum absolute atomic E-state index is 0.126. The topological polar surface area (TPSA) is 95.5 Å². The van der Waals surface area contributed by atoms with Gasteiger partial charge in [0.15, 0.2) is 0 Å². The van der Waals surface area contributed by atoms with Gasteiger partial charge in [0.2, 0.25) is 0 Å². The molecule has 1 fully saturated rings. The number of imidazole rings is 1. The molecule has 6 rings (SSSR count). The fraction of sp³-hybridized carbons (Fsp3) is 0.258. The summed E-state index contributed by atoms with van der Waals surface area (Å²) in [6.45, 7) is 3.89. The van der Waals surface area contributed by atoms with E-state index in [0.717, 1.165) is 58.7 Å². The van der Waals surface area contributed by atoms with Crippen molar-refractivity contribution < 1.29 is 14.3 Å². The van der Waals surface area contributed by atoms with Gasteiger partial charge in [0, 0.05) is 42.7 Å². The molecule has 0 saturated carbocycles. The average Bonchev–Trinajstić information content (AvgIpc) is 3.59. The number of hydrogen-bond donors (Lipinski definition) is 1. The quantitative estimate of drug-likeness (QED) is 0.222. The fourth-order valence-electron chi connectivity index (χ4n) is 5.11. The summed E-state index contributed by atoms with van der Waals surface area (Å²) in [6.07, 6.45) is 6.89. The second kappa shape index (κ2) is 11.5. The Morgan fingerprint density at radius 2 is 1.93 bits per heavy atom. The van der Waals surface area contributed by atoms with Crippen LogP contribution >= 0.6 is 22.9 Å². The summed E-state index contributed by atoms with van der Waals surface area (Å²) in [5.41, 5.74) is 10.3. The number of pyridine rings is 1. The fourth-order valence-corrected chi connectivity index (χ4v) is 6.36. The summed E-state index contributed by atoms with van der Waals surface area (Å²) in [6, 6.07) is 17.5. The molecule has 0 spiro atoms. The Kier molecular flexibility index (Phi) is 7.66. The van der Waals surface area contributed by atoms with Crippen LogP contribution in [0.2, 0.25) is 5.02 Å². The number of hydrogen-bond acceptors (Lipinski definition) is 7. The minimum atomic E-state index is -0.558. The number of carbonyl (C=O) groups is 1. The molecule has 0 aliphatic carbocycles. The number of primary amides is 1. The summed E-state index contributed by atoms with van der Waals surface area (Å²) < 4.78 is 14.5. The molecule has 0 bridgehead atoms. The number of piperidine rings is 1. The molecule has 4 heterocycles. The van der Waals surface area contributed by atoms with Crippen molar-refractivity contribution in [3.8, 4) is 27.6 Å². The molecule has 41 heavy (non-hydrogen) atoms. The molecule has 2 N–H and O–H groups in total. The molecule has 1 aliphatic heterocycles. The average molecular weight is 588 g/mol. The summed E-state index contributed by atoms with van der Waals surface area (Å²) in [5, 5.41) is 1.28. The number of ether oxygens (including phenoxy) is 2. The molecule has 210 valence electrons. The van der Waals surface area contributed by atoms with Crippen molar-refractivity contribution in [1.82, 2.24) is 19.4 Å². The van der Waals surface area contributed by atoms with Gasteiger partial charge in [-0.25, -0.2) is 4.98 Å². The number of halogens is 1. The van der Waals surface area contributed by atoms with Gasteiger partial charge < -0.3 is 20.1 Å². The van der Waals surface area contributed by atoms with E-state index in [4.69, 9.17) is 26.8 Å². The molecule has 1 amide bonds. The Morgan fingerprint density at radius 1 is 1.10 bits per heavy atom. The molecule has 0 radical (unpaired) electrons. The van der Waals surface area contributed by atoms with Crippen molar-refractivity contribution in [2.45, 2.75) is 32.0 Å². The van der Waals surface area contributed by atoms with Crippen molar-refractivity contribution in [3.05, 3.63) is 88.8 Å². The molecule has 1 atom stereocenters. The number of carbonyl (C=O) groups excluding carboxylic acids is 1. The van der Waals surface area contributed by atoms with E-state index in [1.165, 1.54) is 11.3 Å². The zero-order valence-corrected chi connectivity index (χ0v) is 24.4. The number of fused-ring (bicyclic) bond motifs is 1. The molecular weight excluding hydrogens is 558 g/mol. The van der Waals surface area contributed by atoms with Gasteiger partial charge >= 0.3 is 0 Å². The van der Waals surface area contributed by atoms with Crippen LogP contribution in [0.4, 0.5) is 0 Å². The van der Waals surface area contributed by atoms with E-state index in [1.807, 2.05) is 72.3 Å². The van der Waals surface area contributed by atoms with Gasteiger partial charge in [0.05, 0.1) is 16.1 Å². The predicted molar refractivity (Wildman–Crippen MR) is 162 cm³/mol. The van der Waals surface area contributed by atoms with Crippen LogP contribution in [0.5, 0.6) is 11.5 Å². The lowest BCUT2D eigenvalue weighted by molar-refractivity contribution is 0.0998. The van der Waals surface area contributed by atoms with Gasteiger partial charge in [-0.2, -0.15) is 0 Å². The highest BCUT2D eigenvalue weighted by atomic mass is 35.5. The first-order valence-electron chi connectivity index (χ1n) is 13.5. The molecule has 10 heteroatoms. The molecule has 2 aromatic carbocycles. The summed E-state index contributed by atoms with van der Waals surface area (Å²) in [4.78, 5) is 23.9. The first-order chi connectivity index (χ1) is 19.9. The standard InChI is InChI=1S/C31H30ClN5O3S/c1-19(23-6-3-7-26(29(23)32)40-22-10-13-36(2)14-11-22)39-27-16-28(41-30(27)31(33)38)37-18-35-24-15-20(8-9-25(24)37)21-5-4-12-34-17-21/h3-9,12,15-19,22H,10-11,13-14H2,1-2H3,(H2,33,38). The minimum Gasteiger partial charge on any atom is -0.489 e. The monoisotopic (exact) mass is 587 g/mol. The number of aromatic nitrogens is 3. The van der Waals surface area contributed by atoms with Gasteiger partial charge in [-0.15, -0.1) is 11.3 Å². The van der Waals surface area contributed by atoms with E-state index >= 15 is 0 Å². The van der Waals surface area contributed by atoms with E-state index < -0.39 is 12.0 Å². The molecule has 5 aromatic rings. The van der Waals surface area contributed by atoms with Gasteiger partial charge in [-0.3, -0.25) is 14.3 Å². The summed E-state index contributed by atoms with van der Waals surface area (Å²) in [5.74, 6) is 0.486. The molecule has 8 nitrogen and oxygen atoms in total. The van der Waals surface area contributed by atoms with Gasteiger partial charge in [0.25, 0.3) is 5.91 Å². The molecule has 3 aromatic heterocycles. The number of likely N-dealkylation sites (tertiary alicyclic amines) is 1. The number of nitrogens with zero attached hydrogens (tertiary/aromatic N) is 4. The SMILES string of the molecule is CC(Oc1cc(-n2cnc3cc(-c4cccnc4)ccc32)sc1C(N)=O)c1cccc(OC2CCN(C)CC2)c1Cl. The number of thiophene rings is 1. The van der Waals surface area contributed by atoms with Crippen molar-refractivity contribution >= 4 is 39.9 Å². The van der Waals surface area contributed by atoms with E-state index in [2.05, 4.69) is 21.9 Å². The maximum atomic E-state index is 12.4. The first-order valence-corrected chi connectivity index (χ1v) is 14.7. The third kappa shape index (κ3) is 5.66. The molecule has 1 saturated heterocycles. The van der Waals surface area contributed by atoms with E-state index in [-0.39, 0.29) is 6.10 Å². The van der Waals surface area contributed by atoms with E-state index in [1.54, 1.807) is 12.5 Å². The maximum absolute atomic E-state index is 12.4. The van der Waals surface area contributed by atoms with Crippen LogP contribution in [0.25, 0.3) is 27.2 Å². The summed E-state index contributed by atoms with van der Waals surface area (Å²) in [7, 11) is 2.12. The second-order valence-electron chi connectivity index (χ2n) is 10.2. The molecular formula is C31H30ClN5O3S. The van der Waals surface area contributed by atoms with Crippen LogP contribution in [-0.2, 0) is 0 Å². The van der Waals surface area contributed by atoms with Gasteiger partial charge in [0.1, 0.15) is 39.9 Å². The maximum Gasteiger partial charge on any atom is 0.262 e. The second-order valence-corrected chi connectivity index (χ2v) is 11.7. The van der Waals surface area contributed by atoms with Crippen molar-refractivity contribution in [3.63, 3.8) is 0 Å². The van der Waals surface area contributed by atoms with Gasteiger partial charge in [-0.05, 0) is 56.6 Å². The lowest BCUT2D eigenvalue weighted by Gasteiger charge is -2.30. The van der Waals surface area contributed by atoms with Crippen LogP contribution in [0, 0.1) is 0 Å². The number of amides is 1. The zero-order valence-electron chi connectivity index (χ0n) is 22.8. The van der Waals surface area contributed by atoms with Crippen LogP contribution in [0.1, 0.15) is 41.1 Å². The van der Waals surface area contributed by atoms with Crippen LogP contribution < -0.4 is 15.2 Å². The predicted octanol–water partition coefficient (Wildman–Crippen LogP) is 6.51. The normalized spacial score (nSPS) is 15.2.